The van der Waals surface area contributed by atoms with E-state index in [2.05, 4.69) is 13.8 Å². The smallest absolute Gasteiger partial charge is 0.320 e. The van der Waals surface area contributed by atoms with E-state index in [1.54, 1.807) is 0 Å². The van der Waals surface area contributed by atoms with Gasteiger partial charge in [-0.3, -0.25) is 0 Å². The van der Waals surface area contributed by atoms with Gasteiger partial charge in [-0.2, -0.15) is 0 Å². The van der Waals surface area contributed by atoms with Gasteiger partial charge in [-0.15, -0.1) is 0 Å². The van der Waals surface area contributed by atoms with Gasteiger partial charge in [0.2, 0.25) is 0 Å². The Hall–Kier alpha value is -0.810. The lowest BCUT2D eigenvalue weighted by molar-refractivity contribution is -0.0744. The summed E-state index contributed by atoms with van der Waals surface area (Å²) >= 11 is 0. The monoisotopic (exact) mass is 328 g/mol. The third kappa shape index (κ3) is 6.68. The molecular formula is C18H36N2O3. The Morgan fingerprint density at radius 3 is 1.96 bits per heavy atom. The standard InChI is InChI=1S/C18H36N2O3/c1-5-10-16(22-7-3)17(23-8-4)11-9-13-20-15-14-19(12-6-2)18(20)21/h16-17H,5-15H2,1-4H3. The summed E-state index contributed by atoms with van der Waals surface area (Å²) in [5.74, 6) is 0. The highest BCUT2D eigenvalue weighted by Crippen LogP contribution is 2.17. The van der Waals surface area contributed by atoms with E-state index in [-0.39, 0.29) is 18.2 Å². The summed E-state index contributed by atoms with van der Waals surface area (Å²) in [6.07, 6.45) is 5.41. The Kier molecular flexibility index (Phi) is 10.3. The molecule has 2 atom stereocenters. The highest BCUT2D eigenvalue weighted by atomic mass is 16.5. The van der Waals surface area contributed by atoms with Gasteiger partial charge in [0.15, 0.2) is 0 Å². The predicted octanol–water partition coefficient (Wildman–Crippen LogP) is 3.52. The molecule has 1 aliphatic heterocycles. The molecule has 0 bridgehead atoms. The highest BCUT2D eigenvalue weighted by Gasteiger charge is 2.28. The lowest BCUT2D eigenvalue weighted by Crippen LogP contribution is -2.35. The van der Waals surface area contributed by atoms with Crippen molar-refractivity contribution in [3.05, 3.63) is 0 Å². The van der Waals surface area contributed by atoms with Crippen LogP contribution in [-0.4, -0.2) is 67.4 Å². The molecule has 0 spiro atoms. The topological polar surface area (TPSA) is 42.0 Å². The van der Waals surface area contributed by atoms with Crippen LogP contribution in [0.1, 0.15) is 59.8 Å². The van der Waals surface area contributed by atoms with E-state index in [4.69, 9.17) is 9.47 Å². The van der Waals surface area contributed by atoms with Crippen molar-refractivity contribution < 1.29 is 14.3 Å². The summed E-state index contributed by atoms with van der Waals surface area (Å²) in [6, 6.07) is 0.203. The Balaban J connectivity index is 2.41. The molecule has 0 radical (unpaired) electrons. The van der Waals surface area contributed by atoms with Crippen LogP contribution >= 0.6 is 0 Å². The SMILES string of the molecule is CCCC(OCC)C(CCCN1CCN(CCC)C1=O)OCC. The Morgan fingerprint density at radius 2 is 1.43 bits per heavy atom. The zero-order valence-corrected chi connectivity index (χ0v) is 15.6. The number of rotatable bonds is 13. The summed E-state index contributed by atoms with van der Waals surface area (Å²) in [6.45, 7) is 13.2. The van der Waals surface area contributed by atoms with Crippen LogP contribution < -0.4 is 0 Å². The van der Waals surface area contributed by atoms with Gasteiger partial charge in [-0.05, 0) is 39.5 Å². The first kappa shape index (κ1) is 20.2. The second kappa shape index (κ2) is 11.7. The number of amides is 2. The van der Waals surface area contributed by atoms with Crippen molar-refractivity contribution in [1.29, 1.82) is 0 Å². The fraction of sp³-hybridized carbons (Fsp3) is 0.944. The number of hydrogen-bond donors (Lipinski definition) is 0. The average molecular weight is 328 g/mol. The summed E-state index contributed by atoms with van der Waals surface area (Å²) in [5.41, 5.74) is 0. The van der Waals surface area contributed by atoms with E-state index < -0.39 is 0 Å². The fourth-order valence-corrected chi connectivity index (χ4v) is 3.27. The van der Waals surface area contributed by atoms with Crippen LogP contribution in [0, 0.1) is 0 Å². The molecule has 2 unspecified atom stereocenters. The number of urea groups is 1. The number of ether oxygens (including phenoxy) is 2. The van der Waals surface area contributed by atoms with Crippen LogP contribution in [0.25, 0.3) is 0 Å². The lowest BCUT2D eigenvalue weighted by atomic mass is 10.0. The second-order valence-electron chi connectivity index (χ2n) is 6.18. The molecule has 0 aliphatic carbocycles. The number of carbonyl (C=O) groups is 1. The van der Waals surface area contributed by atoms with Crippen molar-refractivity contribution in [2.75, 3.05) is 39.4 Å². The molecule has 5 heteroatoms. The van der Waals surface area contributed by atoms with Gasteiger partial charge in [-0.25, -0.2) is 4.79 Å². The number of hydrogen-bond acceptors (Lipinski definition) is 3. The van der Waals surface area contributed by atoms with E-state index >= 15 is 0 Å². The first-order valence-corrected chi connectivity index (χ1v) is 9.44. The zero-order chi connectivity index (χ0) is 17.1. The molecule has 0 aromatic heterocycles. The van der Waals surface area contributed by atoms with E-state index in [9.17, 15) is 4.79 Å². The average Bonchev–Trinajstić information content (AvgIpc) is 2.88. The van der Waals surface area contributed by atoms with E-state index in [0.29, 0.717) is 6.61 Å². The molecule has 0 aromatic carbocycles. The van der Waals surface area contributed by atoms with Crippen molar-refractivity contribution in [3.8, 4) is 0 Å². The maximum absolute atomic E-state index is 12.2. The molecule has 5 nitrogen and oxygen atoms in total. The Labute approximate surface area is 142 Å². The minimum absolute atomic E-state index is 0.143. The third-order valence-corrected chi connectivity index (χ3v) is 4.34. The largest absolute Gasteiger partial charge is 0.376 e. The van der Waals surface area contributed by atoms with E-state index in [1.165, 1.54) is 0 Å². The molecule has 2 amide bonds. The minimum Gasteiger partial charge on any atom is -0.376 e. The summed E-state index contributed by atoms with van der Waals surface area (Å²) < 4.78 is 11.8. The molecule has 0 N–H and O–H groups in total. The van der Waals surface area contributed by atoms with Crippen LogP contribution in [-0.2, 0) is 9.47 Å². The first-order chi connectivity index (χ1) is 11.2. The molecule has 1 saturated heterocycles. The van der Waals surface area contributed by atoms with Crippen molar-refractivity contribution in [2.24, 2.45) is 0 Å². The van der Waals surface area contributed by atoms with Crippen LogP contribution in [0.2, 0.25) is 0 Å². The van der Waals surface area contributed by atoms with Crippen molar-refractivity contribution in [2.45, 2.75) is 72.0 Å². The zero-order valence-electron chi connectivity index (χ0n) is 15.6. The first-order valence-electron chi connectivity index (χ1n) is 9.44. The Bertz CT molecular complexity index is 319. The number of nitrogens with zero attached hydrogens (tertiary/aromatic N) is 2. The van der Waals surface area contributed by atoms with Crippen LogP contribution in [0.5, 0.6) is 0 Å². The van der Waals surface area contributed by atoms with E-state index in [1.807, 2.05) is 23.6 Å². The molecule has 0 saturated carbocycles. The van der Waals surface area contributed by atoms with Crippen LogP contribution in [0.15, 0.2) is 0 Å². The summed E-state index contributed by atoms with van der Waals surface area (Å²) in [7, 11) is 0. The van der Waals surface area contributed by atoms with Crippen LogP contribution in [0.4, 0.5) is 4.79 Å². The molecule has 23 heavy (non-hydrogen) atoms. The second-order valence-corrected chi connectivity index (χ2v) is 6.18. The maximum atomic E-state index is 12.2. The summed E-state index contributed by atoms with van der Waals surface area (Å²) in [5, 5.41) is 0. The van der Waals surface area contributed by atoms with Crippen molar-refractivity contribution in [3.63, 3.8) is 0 Å². The van der Waals surface area contributed by atoms with Crippen LogP contribution in [0.3, 0.4) is 0 Å². The Morgan fingerprint density at radius 1 is 0.870 bits per heavy atom. The van der Waals surface area contributed by atoms with E-state index in [0.717, 1.165) is 64.9 Å². The molecular weight excluding hydrogens is 292 g/mol. The molecule has 1 rings (SSSR count). The van der Waals surface area contributed by atoms with Gasteiger partial charge in [0, 0.05) is 39.4 Å². The lowest BCUT2D eigenvalue weighted by Gasteiger charge is -2.27. The maximum Gasteiger partial charge on any atom is 0.320 e. The predicted molar refractivity (Wildman–Crippen MR) is 93.8 cm³/mol. The third-order valence-electron chi connectivity index (χ3n) is 4.34. The van der Waals surface area contributed by atoms with Gasteiger partial charge in [0.1, 0.15) is 0 Å². The molecule has 0 aromatic rings. The molecule has 1 heterocycles. The quantitative estimate of drug-likeness (QED) is 0.519. The van der Waals surface area contributed by atoms with Gasteiger partial charge in [0.05, 0.1) is 12.2 Å². The number of carbonyl (C=O) groups excluding carboxylic acids is 1. The minimum atomic E-state index is 0.143. The molecule has 1 fully saturated rings. The van der Waals surface area contributed by atoms with Crippen molar-refractivity contribution >= 4 is 6.03 Å². The van der Waals surface area contributed by atoms with Crippen molar-refractivity contribution in [1.82, 2.24) is 9.80 Å². The normalized spacial score (nSPS) is 17.8. The van der Waals surface area contributed by atoms with Gasteiger partial charge >= 0.3 is 6.03 Å². The van der Waals surface area contributed by atoms with Gasteiger partial charge < -0.3 is 19.3 Å². The molecule has 1 aliphatic rings. The molecule has 136 valence electrons. The summed E-state index contributed by atoms with van der Waals surface area (Å²) in [4.78, 5) is 16.2. The van der Waals surface area contributed by atoms with Gasteiger partial charge in [-0.1, -0.05) is 20.3 Å². The highest BCUT2D eigenvalue weighted by molar-refractivity contribution is 5.76. The van der Waals surface area contributed by atoms with Gasteiger partial charge in [0.25, 0.3) is 0 Å². The fourth-order valence-electron chi connectivity index (χ4n) is 3.27.